The minimum absolute atomic E-state index is 0.331. The molecule has 1 heterocycles. The molecule has 26 heavy (non-hydrogen) atoms. The van der Waals surface area contributed by atoms with Crippen LogP contribution < -0.4 is 11.3 Å². The number of nitrogens with one attached hydrogen (secondary N) is 1. The molecule has 4 N–H and O–H groups in total. The number of hydrogen-bond donors (Lipinski definition) is 3. The summed E-state index contributed by atoms with van der Waals surface area (Å²) in [5.41, 5.74) is 2.85. The number of carbonyl (C=O) groups is 2. The Bertz CT molecular complexity index is 919. The van der Waals surface area contributed by atoms with E-state index in [0.29, 0.717) is 12.1 Å². The molecule has 0 saturated heterocycles. The summed E-state index contributed by atoms with van der Waals surface area (Å²) in [6.45, 7) is 0. The third-order valence-electron chi connectivity index (χ3n) is 3.67. The van der Waals surface area contributed by atoms with E-state index in [-0.39, 0.29) is 5.56 Å². The molecular formula is C16H13F3N2O5. The summed E-state index contributed by atoms with van der Waals surface area (Å²) in [5, 5.41) is 10.3. The molecule has 1 aromatic heterocycles. The summed E-state index contributed by atoms with van der Waals surface area (Å²) in [5.74, 6) is -9.13. The first-order chi connectivity index (χ1) is 12.2. The Morgan fingerprint density at radius 1 is 1.27 bits per heavy atom. The van der Waals surface area contributed by atoms with Gasteiger partial charge in [0.1, 0.15) is 11.3 Å². The standard InChI is InChI=1S/C16H13F3N2O5/c1-26-16(25)8-5-21-15(24)12(14(8)23)7(4-11(20)22)6-2-9(17)13(19)10(18)3-6/h2-3,5,7H,4H2,1H3,(H2,20,22)(H2,21,23,24). The van der Waals surface area contributed by atoms with Crippen LogP contribution in [0.15, 0.2) is 23.1 Å². The van der Waals surface area contributed by atoms with Gasteiger partial charge in [0.05, 0.1) is 12.7 Å². The number of halogens is 3. The predicted octanol–water partition coefficient (Wildman–Crippen LogP) is 1.29. The van der Waals surface area contributed by atoms with Crippen molar-refractivity contribution in [1.29, 1.82) is 0 Å². The second-order valence-electron chi connectivity index (χ2n) is 5.31. The lowest BCUT2D eigenvalue weighted by molar-refractivity contribution is -0.118. The van der Waals surface area contributed by atoms with E-state index in [0.717, 1.165) is 13.3 Å². The molecule has 0 radical (unpaired) electrons. The summed E-state index contributed by atoms with van der Waals surface area (Å²) in [7, 11) is 1.03. The van der Waals surface area contributed by atoms with Gasteiger partial charge in [-0.25, -0.2) is 18.0 Å². The number of aromatic amines is 1. The summed E-state index contributed by atoms with van der Waals surface area (Å²) in [6.07, 6.45) is 0.228. The number of methoxy groups -OCH3 is 1. The van der Waals surface area contributed by atoms with Crippen molar-refractivity contribution in [3.05, 3.63) is 62.8 Å². The third-order valence-corrected chi connectivity index (χ3v) is 3.67. The lowest BCUT2D eigenvalue weighted by Gasteiger charge is -2.18. The van der Waals surface area contributed by atoms with Gasteiger partial charge in [-0.2, -0.15) is 0 Å². The fourth-order valence-corrected chi connectivity index (χ4v) is 2.49. The number of H-pyrrole nitrogens is 1. The molecule has 0 saturated carbocycles. The summed E-state index contributed by atoms with van der Waals surface area (Å²) in [6, 6.07) is 1.13. The minimum atomic E-state index is -1.74. The number of rotatable bonds is 5. The number of amides is 1. The zero-order chi connectivity index (χ0) is 19.6. The molecule has 7 nitrogen and oxygen atoms in total. The molecule has 0 fully saturated rings. The maximum atomic E-state index is 13.6. The summed E-state index contributed by atoms with van der Waals surface area (Å²) >= 11 is 0. The molecule has 0 bridgehead atoms. The number of aromatic hydroxyl groups is 1. The Kier molecular flexibility index (Phi) is 5.34. The Morgan fingerprint density at radius 2 is 1.85 bits per heavy atom. The molecule has 2 rings (SSSR count). The number of esters is 1. The number of pyridine rings is 1. The number of aromatic nitrogens is 1. The Labute approximate surface area is 144 Å². The first-order valence-electron chi connectivity index (χ1n) is 7.13. The molecule has 1 atom stereocenters. The number of benzene rings is 1. The van der Waals surface area contributed by atoms with E-state index in [4.69, 9.17) is 5.73 Å². The van der Waals surface area contributed by atoms with Crippen LogP contribution in [0.5, 0.6) is 5.75 Å². The van der Waals surface area contributed by atoms with Crippen molar-refractivity contribution >= 4 is 11.9 Å². The van der Waals surface area contributed by atoms with E-state index in [1.54, 1.807) is 0 Å². The monoisotopic (exact) mass is 370 g/mol. The van der Waals surface area contributed by atoms with Crippen molar-refractivity contribution in [3.8, 4) is 5.75 Å². The highest BCUT2D eigenvalue weighted by Crippen LogP contribution is 2.34. The van der Waals surface area contributed by atoms with Gasteiger partial charge in [0.25, 0.3) is 5.56 Å². The second-order valence-corrected chi connectivity index (χ2v) is 5.31. The molecule has 0 aliphatic carbocycles. The van der Waals surface area contributed by atoms with E-state index >= 15 is 0 Å². The van der Waals surface area contributed by atoms with Crippen molar-refractivity contribution in [2.45, 2.75) is 12.3 Å². The lowest BCUT2D eigenvalue weighted by atomic mass is 9.87. The van der Waals surface area contributed by atoms with Crippen LogP contribution in [0.4, 0.5) is 13.2 Å². The van der Waals surface area contributed by atoms with Gasteiger partial charge in [-0.3, -0.25) is 9.59 Å². The minimum Gasteiger partial charge on any atom is -0.506 e. The first kappa shape index (κ1) is 19.0. The molecule has 2 aromatic rings. The zero-order valence-electron chi connectivity index (χ0n) is 13.3. The number of nitrogens with two attached hydrogens (primary N) is 1. The first-order valence-corrected chi connectivity index (χ1v) is 7.13. The van der Waals surface area contributed by atoms with Crippen LogP contribution in [0.25, 0.3) is 0 Å². The van der Waals surface area contributed by atoms with Crippen LogP contribution in [0.3, 0.4) is 0 Å². The van der Waals surface area contributed by atoms with Gasteiger partial charge in [-0.05, 0) is 17.7 Å². The van der Waals surface area contributed by atoms with Gasteiger partial charge in [0, 0.05) is 18.5 Å². The fraction of sp³-hybridized carbons (Fsp3) is 0.188. The highest BCUT2D eigenvalue weighted by Gasteiger charge is 2.28. The fourth-order valence-electron chi connectivity index (χ4n) is 2.49. The van der Waals surface area contributed by atoms with Crippen molar-refractivity contribution in [2.75, 3.05) is 7.11 Å². The van der Waals surface area contributed by atoms with Crippen LogP contribution in [-0.2, 0) is 9.53 Å². The van der Waals surface area contributed by atoms with E-state index < -0.39 is 64.1 Å². The van der Waals surface area contributed by atoms with E-state index in [9.17, 15) is 32.7 Å². The summed E-state index contributed by atoms with van der Waals surface area (Å²) in [4.78, 5) is 37.3. The molecule has 1 unspecified atom stereocenters. The molecule has 10 heteroatoms. The van der Waals surface area contributed by atoms with Crippen LogP contribution in [0.1, 0.15) is 33.8 Å². The lowest BCUT2D eigenvalue weighted by Crippen LogP contribution is -2.24. The van der Waals surface area contributed by atoms with Crippen molar-refractivity contribution in [1.82, 2.24) is 4.98 Å². The van der Waals surface area contributed by atoms with Gasteiger partial charge in [-0.1, -0.05) is 0 Å². The van der Waals surface area contributed by atoms with Crippen LogP contribution >= 0.6 is 0 Å². The average Bonchev–Trinajstić information content (AvgIpc) is 2.57. The molecule has 0 aliphatic rings. The van der Waals surface area contributed by atoms with E-state index in [1.165, 1.54) is 0 Å². The smallest absolute Gasteiger partial charge is 0.343 e. The normalized spacial score (nSPS) is 11.8. The highest BCUT2D eigenvalue weighted by molar-refractivity contribution is 5.92. The zero-order valence-corrected chi connectivity index (χ0v) is 13.3. The third kappa shape index (κ3) is 3.53. The Morgan fingerprint density at radius 3 is 2.35 bits per heavy atom. The van der Waals surface area contributed by atoms with Gasteiger partial charge >= 0.3 is 5.97 Å². The summed E-state index contributed by atoms with van der Waals surface area (Å²) < 4.78 is 44.8. The molecular weight excluding hydrogens is 357 g/mol. The molecule has 1 aromatic carbocycles. The van der Waals surface area contributed by atoms with Gasteiger partial charge < -0.3 is 20.6 Å². The number of primary amides is 1. The molecule has 138 valence electrons. The van der Waals surface area contributed by atoms with Crippen molar-refractivity contribution in [2.24, 2.45) is 5.73 Å². The molecule has 0 spiro atoms. The Balaban J connectivity index is 2.75. The van der Waals surface area contributed by atoms with Gasteiger partial charge in [-0.15, -0.1) is 0 Å². The van der Waals surface area contributed by atoms with E-state index in [2.05, 4.69) is 9.72 Å². The van der Waals surface area contributed by atoms with Crippen LogP contribution in [0, 0.1) is 17.5 Å². The highest BCUT2D eigenvalue weighted by atomic mass is 19.2. The number of ether oxygens (including phenoxy) is 1. The predicted molar refractivity (Wildman–Crippen MR) is 82.0 cm³/mol. The maximum absolute atomic E-state index is 13.6. The average molecular weight is 370 g/mol. The van der Waals surface area contributed by atoms with Gasteiger partial charge in [0.2, 0.25) is 5.91 Å². The van der Waals surface area contributed by atoms with E-state index in [1.807, 2.05) is 0 Å². The Hall–Kier alpha value is -3.30. The van der Waals surface area contributed by atoms with Crippen molar-refractivity contribution in [3.63, 3.8) is 0 Å². The number of carbonyl (C=O) groups excluding carboxylic acids is 2. The topological polar surface area (TPSA) is 122 Å². The second kappa shape index (κ2) is 7.30. The maximum Gasteiger partial charge on any atom is 0.343 e. The molecule has 0 aliphatic heterocycles. The van der Waals surface area contributed by atoms with Crippen molar-refractivity contribution < 1.29 is 32.6 Å². The largest absolute Gasteiger partial charge is 0.506 e. The van der Waals surface area contributed by atoms with Crippen LogP contribution in [-0.4, -0.2) is 29.1 Å². The molecule has 1 amide bonds. The quantitative estimate of drug-likeness (QED) is 0.541. The van der Waals surface area contributed by atoms with Crippen LogP contribution in [0.2, 0.25) is 0 Å². The van der Waals surface area contributed by atoms with Gasteiger partial charge in [0.15, 0.2) is 17.5 Å². The SMILES string of the molecule is COC(=O)c1c[nH]c(=O)c(C(CC(N)=O)c2cc(F)c(F)c(F)c2)c1O. The number of hydrogen-bond acceptors (Lipinski definition) is 5.